The van der Waals surface area contributed by atoms with Gasteiger partial charge in [-0.2, -0.15) is 16.1 Å². The molecule has 0 aromatic carbocycles. The zero-order valence-corrected chi connectivity index (χ0v) is 11.6. The standard InChI is InChI=1S/C9H14N4O3S2/c1-5-10-9(18-13-5)12-8(16)11-6(7(14)15)3-4-17-2/h6H,3-4H2,1-2H3,(H,14,15)(H2,10,11,12,13,16)/t6-/m0/s1. The van der Waals surface area contributed by atoms with Crippen LogP contribution in [0.15, 0.2) is 0 Å². The number of carboxylic acids is 1. The fraction of sp³-hybridized carbons (Fsp3) is 0.556. The Labute approximate surface area is 113 Å². The van der Waals surface area contributed by atoms with Crippen molar-refractivity contribution in [2.24, 2.45) is 0 Å². The van der Waals surface area contributed by atoms with Gasteiger partial charge in [-0.05, 0) is 25.4 Å². The molecule has 0 fully saturated rings. The van der Waals surface area contributed by atoms with Crippen molar-refractivity contribution in [3.8, 4) is 0 Å². The first-order valence-corrected chi connectivity index (χ1v) is 7.29. The number of aromatic nitrogens is 2. The summed E-state index contributed by atoms with van der Waals surface area (Å²) in [4.78, 5) is 26.4. The van der Waals surface area contributed by atoms with Crippen molar-refractivity contribution in [1.82, 2.24) is 14.7 Å². The van der Waals surface area contributed by atoms with Gasteiger partial charge in [0, 0.05) is 11.5 Å². The molecule has 1 rings (SSSR count). The lowest BCUT2D eigenvalue weighted by atomic mass is 10.2. The lowest BCUT2D eigenvalue weighted by Crippen LogP contribution is -2.43. The molecule has 0 saturated carbocycles. The average molecular weight is 290 g/mol. The molecule has 1 aromatic rings. The van der Waals surface area contributed by atoms with Crippen LogP contribution in [-0.4, -0.2) is 44.5 Å². The monoisotopic (exact) mass is 290 g/mol. The van der Waals surface area contributed by atoms with Crippen LogP contribution in [0.5, 0.6) is 0 Å². The van der Waals surface area contributed by atoms with Crippen molar-refractivity contribution in [3.05, 3.63) is 5.82 Å². The topological polar surface area (TPSA) is 104 Å². The Kier molecular flexibility index (Phi) is 5.86. The highest BCUT2D eigenvalue weighted by Gasteiger charge is 2.19. The van der Waals surface area contributed by atoms with E-state index in [4.69, 9.17) is 5.11 Å². The Morgan fingerprint density at radius 3 is 2.78 bits per heavy atom. The van der Waals surface area contributed by atoms with Crippen LogP contribution in [0.3, 0.4) is 0 Å². The van der Waals surface area contributed by atoms with Gasteiger partial charge in [-0.1, -0.05) is 0 Å². The molecule has 0 radical (unpaired) electrons. The van der Waals surface area contributed by atoms with Crippen LogP contribution in [0.4, 0.5) is 9.93 Å². The van der Waals surface area contributed by atoms with E-state index in [1.54, 1.807) is 6.92 Å². The van der Waals surface area contributed by atoms with Gasteiger partial charge in [0.2, 0.25) is 5.13 Å². The van der Waals surface area contributed by atoms with Gasteiger partial charge in [0.25, 0.3) is 0 Å². The smallest absolute Gasteiger partial charge is 0.326 e. The molecule has 0 aliphatic rings. The second-order valence-corrected chi connectivity index (χ2v) is 5.15. The normalized spacial score (nSPS) is 11.9. The van der Waals surface area contributed by atoms with E-state index < -0.39 is 18.0 Å². The van der Waals surface area contributed by atoms with E-state index in [0.717, 1.165) is 11.5 Å². The summed E-state index contributed by atoms with van der Waals surface area (Å²) < 4.78 is 3.90. The minimum atomic E-state index is -1.05. The lowest BCUT2D eigenvalue weighted by Gasteiger charge is -2.13. The molecule has 0 aliphatic heterocycles. The molecule has 1 heterocycles. The number of aliphatic carboxylic acids is 1. The fourth-order valence-electron chi connectivity index (χ4n) is 1.13. The second-order valence-electron chi connectivity index (χ2n) is 3.42. The predicted octanol–water partition coefficient (Wildman–Crippen LogP) is 1.17. The summed E-state index contributed by atoms with van der Waals surface area (Å²) in [5.74, 6) is 0.176. The molecular weight excluding hydrogens is 276 g/mol. The van der Waals surface area contributed by atoms with Gasteiger partial charge in [0.15, 0.2) is 0 Å². The number of hydrogen-bond donors (Lipinski definition) is 3. The number of aryl methyl sites for hydroxylation is 1. The summed E-state index contributed by atoms with van der Waals surface area (Å²) in [6.07, 6.45) is 2.25. The first-order chi connectivity index (χ1) is 8.52. The highest BCUT2D eigenvalue weighted by Crippen LogP contribution is 2.09. The number of nitrogens with zero attached hydrogens (tertiary/aromatic N) is 2. The molecule has 9 heteroatoms. The molecule has 0 aliphatic carbocycles. The van der Waals surface area contributed by atoms with Gasteiger partial charge < -0.3 is 10.4 Å². The molecule has 7 nitrogen and oxygen atoms in total. The van der Waals surface area contributed by atoms with Crippen LogP contribution in [0.1, 0.15) is 12.2 Å². The maximum absolute atomic E-state index is 11.5. The highest BCUT2D eigenvalue weighted by molar-refractivity contribution is 7.98. The maximum Gasteiger partial charge on any atom is 0.326 e. The zero-order chi connectivity index (χ0) is 13.5. The fourth-order valence-corrected chi connectivity index (χ4v) is 2.17. The van der Waals surface area contributed by atoms with Crippen molar-refractivity contribution in [3.63, 3.8) is 0 Å². The van der Waals surface area contributed by atoms with E-state index in [9.17, 15) is 9.59 Å². The van der Waals surface area contributed by atoms with Crippen LogP contribution in [0.2, 0.25) is 0 Å². The first-order valence-electron chi connectivity index (χ1n) is 5.12. The molecule has 1 aromatic heterocycles. The van der Waals surface area contributed by atoms with Crippen LogP contribution >= 0.6 is 23.3 Å². The van der Waals surface area contributed by atoms with Gasteiger partial charge >= 0.3 is 12.0 Å². The van der Waals surface area contributed by atoms with E-state index >= 15 is 0 Å². The van der Waals surface area contributed by atoms with Gasteiger partial charge in [-0.15, -0.1) is 0 Å². The quantitative estimate of drug-likeness (QED) is 0.726. The third-order valence-electron chi connectivity index (χ3n) is 1.96. The number of carboxylic acid groups (broad SMARTS) is 1. The summed E-state index contributed by atoms with van der Waals surface area (Å²) in [6, 6.07) is -1.48. The number of hydrogen-bond acceptors (Lipinski definition) is 6. The molecule has 0 unspecified atom stereocenters. The van der Waals surface area contributed by atoms with Crippen molar-refractivity contribution in [2.45, 2.75) is 19.4 Å². The molecule has 2 amide bonds. The first kappa shape index (κ1) is 14.7. The summed E-state index contributed by atoms with van der Waals surface area (Å²) in [5, 5.41) is 14.1. The van der Waals surface area contributed by atoms with Gasteiger partial charge in [-0.3, -0.25) is 5.32 Å². The molecule has 1 atom stereocenters. The third kappa shape index (κ3) is 4.88. The zero-order valence-electron chi connectivity index (χ0n) is 9.97. The number of carbonyl (C=O) groups excluding carboxylic acids is 1. The minimum absolute atomic E-state index is 0.346. The van der Waals surface area contributed by atoms with Crippen molar-refractivity contribution >= 4 is 40.4 Å². The summed E-state index contributed by atoms with van der Waals surface area (Å²) >= 11 is 2.57. The van der Waals surface area contributed by atoms with Crippen LogP contribution in [-0.2, 0) is 4.79 Å². The molecule has 100 valence electrons. The summed E-state index contributed by atoms with van der Waals surface area (Å²) in [6.45, 7) is 1.71. The SMILES string of the molecule is CSCC[C@H](NC(=O)Nc1nc(C)ns1)C(=O)O. The van der Waals surface area contributed by atoms with Crippen molar-refractivity contribution in [1.29, 1.82) is 0 Å². The van der Waals surface area contributed by atoms with E-state index in [0.29, 0.717) is 23.1 Å². The van der Waals surface area contributed by atoms with Crippen LogP contribution in [0, 0.1) is 6.92 Å². The van der Waals surface area contributed by atoms with Gasteiger partial charge in [0.1, 0.15) is 11.9 Å². The largest absolute Gasteiger partial charge is 0.480 e. The Morgan fingerprint density at radius 2 is 2.28 bits per heavy atom. The molecule has 0 bridgehead atoms. The van der Waals surface area contributed by atoms with Crippen LogP contribution < -0.4 is 10.6 Å². The summed E-state index contributed by atoms with van der Waals surface area (Å²) in [5.41, 5.74) is 0. The third-order valence-corrected chi connectivity index (χ3v) is 3.33. The second kappa shape index (κ2) is 7.17. The number of urea groups is 1. The number of amides is 2. The van der Waals surface area contributed by atoms with E-state index in [-0.39, 0.29) is 0 Å². The summed E-state index contributed by atoms with van der Waals surface area (Å²) in [7, 11) is 0. The minimum Gasteiger partial charge on any atom is -0.480 e. The maximum atomic E-state index is 11.5. The molecule has 0 spiro atoms. The van der Waals surface area contributed by atoms with Gasteiger partial charge in [0.05, 0.1) is 0 Å². The number of anilines is 1. The van der Waals surface area contributed by atoms with E-state index in [2.05, 4.69) is 20.0 Å². The average Bonchev–Trinajstić information content (AvgIpc) is 2.69. The Morgan fingerprint density at radius 1 is 1.56 bits per heavy atom. The van der Waals surface area contributed by atoms with E-state index in [1.807, 2.05) is 6.26 Å². The van der Waals surface area contributed by atoms with Gasteiger partial charge in [-0.25, -0.2) is 14.6 Å². The Balaban J connectivity index is 2.48. The van der Waals surface area contributed by atoms with Crippen molar-refractivity contribution < 1.29 is 14.7 Å². The molecule has 3 N–H and O–H groups in total. The predicted molar refractivity (Wildman–Crippen MR) is 71.2 cm³/mol. The van der Waals surface area contributed by atoms with Crippen molar-refractivity contribution in [2.75, 3.05) is 17.3 Å². The van der Waals surface area contributed by atoms with Crippen LogP contribution in [0.25, 0.3) is 0 Å². The lowest BCUT2D eigenvalue weighted by molar-refractivity contribution is -0.139. The van der Waals surface area contributed by atoms with E-state index in [1.165, 1.54) is 11.8 Å². The number of thioether (sulfide) groups is 1. The molecule has 0 saturated heterocycles. The number of carbonyl (C=O) groups is 2. The number of rotatable bonds is 6. The molecular formula is C9H14N4O3S2. The Hall–Kier alpha value is -1.35. The highest BCUT2D eigenvalue weighted by atomic mass is 32.2. The Bertz CT molecular complexity index is 424. The molecule has 18 heavy (non-hydrogen) atoms. The number of nitrogens with one attached hydrogen (secondary N) is 2.